The lowest BCUT2D eigenvalue weighted by Crippen LogP contribution is -2.16. The maximum absolute atomic E-state index is 13.1. The van der Waals surface area contributed by atoms with Crippen LogP contribution in [0.3, 0.4) is 0 Å². The number of benzene rings is 1. The van der Waals surface area contributed by atoms with Crippen molar-refractivity contribution in [2.24, 2.45) is 0 Å². The Morgan fingerprint density at radius 2 is 2.14 bits per heavy atom. The van der Waals surface area contributed by atoms with Gasteiger partial charge in [-0.1, -0.05) is 13.0 Å². The van der Waals surface area contributed by atoms with Gasteiger partial charge in [-0.2, -0.15) is 0 Å². The van der Waals surface area contributed by atoms with Crippen molar-refractivity contribution in [3.63, 3.8) is 0 Å². The molecule has 1 aromatic carbocycles. The van der Waals surface area contributed by atoms with Crippen LogP contribution < -0.4 is 10.6 Å². The smallest absolute Gasteiger partial charge is 0.259 e. The Morgan fingerprint density at radius 3 is 2.86 bits per heavy atom. The lowest BCUT2D eigenvalue weighted by molar-refractivity contribution is 0.102. The van der Waals surface area contributed by atoms with Crippen LogP contribution in [0.15, 0.2) is 36.5 Å². The summed E-state index contributed by atoms with van der Waals surface area (Å²) >= 11 is 0. The van der Waals surface area contributed by atoms with Gasteiger partial charge in [0.2, 0.25) is 0 Å². The third-order valence-electron chi connectivity index (χ3n) is 2.93. The molecule has 110 valence electrons. The molecule has 2 aromatic rings. The number of aryl methyl sites for hydroxylation is 1. The first-order chi connectivity index (χ1) is 10.1. The molecule has 0 unspecified atom stereocenters. The second-order valence-corrected chi connectivity index (χ2v) is 4.76. The van der Waals surface area contributed by atoms with Crippen molar-refractivity contribution in [3.8, 4) is 0 Å². The van der Waals surface area contributed by atoms with Gasteiger partial charge in [-0.15, -0.1) is 0 Å². The number of anilines is 2. The predicted octanol–water partition coefficient (Wildman–Crippen LogP) is 3.60. The zero-order valence-electron chi connectivity index (χ0n) is 12.1. The van der Waals surface area contributed by atoms with Crippen LogP contribution in [0, 0.1) is 12.7 Å². The number of carbonyl (C=O) groups excluding carboxylic acids is 1. The quantitative estimate of drug-likeness (QED) is 0.883. The van der Waals surface area contributed by atoms with Gasteiger partial charge < -0.3 is 10.6 Å². The van der Waals surface area contributed by atoms with Crippen LogP contribution >= 0.6 is 0 Å². The first-order valence-corrected chi connectivity index (χ1v) is 6.87. The van der Waals surface area contributed by atoms with E-state index in [1.807, 2.05) is 19.9 Å². The maximum Gasteiger partial charge on any atom is 0.259 e. The van der Waals surface area contributed by atoms with E-state index >= 15 is 0 Å². The van der Waals surface area contributed by atoms with E-state index in [4.69, 9.17) is 0 Å². The van der Waals surface area contributed by atoms with E-state index in [2.05, 4.69) is 15.6 Å². The molecule has 2 rings (SSSR count). The molecule has 21 heavy (non-hydrogen) atoms. The number of nitrogens with one attached hydrogen (secondary N) is 2. The number of carbonyl (C=O) groups is 1. The molecule has 0 aliphatic carbocycles. The number of rotatable bonds is 5. The van der Waals surface area contributed by atoms with E-state index in [-0.39, 0.29) is 11.7 Å². The van der Waals surface area contributed by atoms with Gasteiger partial charge in [-0.05, 0) is 37.6 Å². The summed E-state index contributed by atoms with van der Waals surface area (Å²) in [7, 11) is 0. The summed E-state index contributed by atoms with van der Waals surface area (Å²) in [5.41, 5.74) is 2.43. The van der Waals surface area contributed by atoms with Crippen molar-refractivity contribution in [2.45, 2.75) is 20.3 Å². The van der Waals surface area contributed by atoms with Gasteiger partial charge in [-0.25, -0.2) is 4.39 Å². The number of halogens is 1. The van der Waals surface area contributed by atoms with Crippen molar-refractivity contribution in [1.29, 1.82) is 0 Å². The number of nitrogens with zero attached hydrogens (tertiary/aromatic N) is 1. The predicted molar refractivity (Wildman–Crippen MR) is 82.1 cm³/mol. The summed E-state index contributed by atoms with van der Waals surface area (Å²) in [6.45, 7) is 4.68. The lowest BCUT2D eigenvalue weighted by Gasteiger charge is -2.12. The van der Waals surface area contributed by atoms with Crippen LogP contribution in [0.25, 0.3) is 0 Å². The summed E-state index contributed by atoms with van der Waals surface area (Å²) in [5.74, 6) is -0.703. The van der Waals surface area contributed by atoms with Gasteiger partial charge in [-0.3, -0.25) is 9.78 Å². The zero-order valence-corrected chi connectivity index (χ0v) is 12.1. The number of hydrogen-bond donors (Lipinski definition) is 2. The van der Waals surface area contributed by atoms with Gasteiger partial charge in [0, 0.05) is 24.1 Å². The van der Waals surface area contributed by atoms with Gasteiger partial charge in [0.1, 0.15) is 5.82 Å². The average molecular weight is 287 g/mol. The maximum atomic E-state index is 13.1. The van der Waals surface area contributed by atoms with E-state index in [1.54, 1.807) is 12.1 Å². The molecule has 0 saturated heterocycles. The van der Waals surface area contributed by atoms with Crippen LogP contribution in [0.4, 0.5) is 15.8 Å². The average Bonchev–Trinajstić information content (AvgIpc) is 2.45. The Balaban J connectivity index is 2.22. The minimum absolute atomic E-state index is 0.313. The number of amides is 1. The summed E-state index contributed by atoms with van der Waals surface area (Å²) < 4.78 is 13.1. The molecule has 1 aromatic heterocycles. The monoisotopic (exact) mass is 287 g/mol. The largest absolute Gasteiger partial charge is 0.384 e. The fraction of sp³-hybridized carbons (Fsp3) is 0.250. The first kappa shape index (κ1) is 15.0. The molecular formula is C16H18FN3O. The Kier molecular flexibility index (Phi) is 4.87. The van der Waals surface area contributed by atoms with Crippen molar-refractivity contribution in [1.82, 2.24) is 4.98 Å². The Morgan fingerprint density at radius 1 is 1.33 bits per heavy atom. The first-order valence-electron chi connectivity index (χ1n) is 6.87. The molecule has 0 aliphatic heterocycles. The van der Waals surface area contributed by atoms with Gasteiger partial charge in [0.25, 0.3) is 5.91 Å². The number of pyridine rings is 1. The highest BCUT2D eigenvalue weighted by molar-refractivity contribution is 6.07. The summed E-state index contributed by atoms with van der Waals surface area (Å²) in [6.07, 6.45) is 2.48. The van der Waals surface area contributed by atoms with E-state index in [1.165, 1.54) is 18.3 Å². The van der Waals surface area contributed by atoms with Crippen LogP contribution in [0.2, 0.25) is 0 Å². The standard InChI is InChI=1S/C16H18FN3O/c1-3-7-18-15-8-11(2)19-10-14(15)16(21)20-13-6-4-5-12(17)9-13/h4-6,8-10H,3,7H2,1-2H3,(H,18,19)(H,20,21). The second kappa shape index (κ2) is 6.83. The van der Waals surface area contributed by atoms with E-state index < -0.39 is 0 Å². The highest BCUT2D eigenvalue weighted by Crippen LogP contribution is 2.18. The Bertz CT molecular complexity index is 643. The van der Waals surface area contributed by atoms with Crippen molar-refractivity contribution >= 4 is 17.3 Å². The summed E-state index contributed by atoms with van der Waals surface area (Å²) in [6, 6.07) is 7.63. The molecule has 0 aliphatic rings. The molecule has 0 radical (unpaired) electrons. The molecule has 0 fully saturated rings. The highest BCUT2D eigenvalue weighted by Gasteiger charge is 2.12. The highest BCUT2D eigenvalue weighted by atomic mass is 19.1. The molecule has 0 spiro atoms. The van der Waals surface area contributed by atoms with E-state index in [0.717, 1.165) is 24.3 Å². The fourth-order valence-corrected chi connectivity index (χ4v) is 1.91. The molecule has 1 amide bonds. The van der Waals surface area contributed by atoms with Crippen molar-refractivity contribution < 1.29 is 9.18 Å². The number of aromatic nitrogens is 1. The van der Waals surface area contributed by atoms with Crippen LogP contribution in [-0.2, 0) is 0 Å². The molecule has 0 bridgehead atoms. The van der Waals surface area contributed by atoms with Gasteiger partial charge in [0.15, 0.2) is 0 Å². The van der Waals surface area contributed by atoms with E-state index in [0.29, 0.717) is 11.3 Å². The molecule has 0 saturated carbocycles. The topological polar surface area (TPSA) is 54.0 Å². The third-order valence-corrected chi connectivity index (χ3v) is 2.93. The van der Waals surface area contributed by atoms with Crippen LogP contribution in [-0.4, -0.2) is 17.4 Å². The van der Waals surface area contributed by atoms with Crippen molar-refractivity contribution in [3.05, 3.63) is 53.6 Å². The SMILES string of the molecule is CCCNc1cc(C)ncc1C(=O)Nc1cccc(F)c1. The second-order valence-electron chi connectivity index (χ2n) is 4.76. The Labute approximate surface area is 123 Å². The van der Waals surface area contributed by atoms with Gasteiger partial charge in [0.05, 0.1) is 11.3 Å². The normalized spacial score (nSPS) is 10.2. The summed E-state index contributed by atoms with van der Waals surface area (Å²) in [4.78, 5) is 16.5. The zero-order chi connectivity index (χ0) is 15.2. The van der Waals surface area contributed by atoms with Gasteiger partial charge >= 0.3 is 0 Å². The molecule has 0 atom stereocenters. The molecular weight excluding hydrogens is 269 g/mol. The fourth-order valence-electron chi connectivity index (χ4n) is 1.91. The Hall–Kier alpha value is -2.43. The van der Waals surface area contributed by atoms with E-state index in [9.17, 15) is 9.18 Å². The lowest BCUT2D eigenvalue weighted by atomic mass is 10.2. The van der Waals surface area contributed by atoms with Crippen molar-refractivity contribution in [2.75, 3.05) is 17.2 Å². The molecule has 4 nitrogen and oxygen atoms in total. The molecule has 1 heterocycles. The molecule has 2 N–H and O–H groups in total. The van der Waals surface area contributed by atoms with Crippen LogP contribution in [0.5, 0.6) is 0 Å². The third kappa shape index (κ3) is 4.02. The number of hydrogen-bond acceptors (Lipinski definition) is 3. The molecule has 5 heteroatoms. The summed E-state index contributed by atoms with van der Waals surface area (Å²) in [5, 5.41) is 5.88. The minimum atomic E-state index is -0.390. The minimum Gasteiger partial charge on any atom is -0.384 e. The van der Waals surface area contributed by atoms with Crippen LogP contribution in [0.1, 0.15) is 29.4 Å².